The van der Waals surface area contributed by atoms with Gasteiger partial charge < -0.3 is 25.8 Å². The third-order valence-corrected chi connectivity index (χ3v) is 5.31. The Labute approximate surface area is 199 Å². The number of hydrogen-bond acceptors (Lipinski definition) is 7. The Morgan fingerprint density at radius 2 is 2.09 bits per heavy atom. The van der Waals surface area contributed by atoms with E-state index in [0.717, 1.165) is 36.2 Å². The molecule has 35 heavy (non-hydrogen) atoms. The van der Waals surface area contributed by atoms with Crippen molar-refractivity contribution in [2.45, 2.75) is 24.9 Å². The Bertz CT molecular complexity index is 1400. The zero-order chi connectivity index (χ0) is 28.0. The molecule has 2 amide bonds. The number of aliphatic hydroxyl groups excluding tert-OH is 1. The van der Waals surface area contributed by atoms with Crippen LogP contribution in [-0.2, 0) is 4.79 Å². The fourth-order valence-electron chi connectivity index (χ4n) is 3.44. The lowest BCUT2D eigenvalue weighted by molar-refractivity contribution is -0.207. The van der Waals surface area contributed by atoms with Gasteiger partial charge in [0.1, 0.15) is 17.5 Å². The maximum Gasteiger partial charge on any atom is 0.418 e. The molecule has 1 aliphatic rings. The number of amides is 2. The number of carbonyl (C=O) groups is 2. The van der Waals surface area contributed by atoms with Crippen LogP contribution >= 0.6 is 0 Å². The minimum Gasteiger partial charge on any atom is -0.494 e. The molecule has 3 aromatic rings. The van der Waals surface area contributed by atoms with E-state index in [0.29, 0.717) is 0 Å². The van der Waals surface area contributed by atoms with Crippen LogP contribution in [0.3, 0.4) is 0 Å². The number of aliphatic hydroxyl groups is 1. The lowest BCUT2D eigenvalue weighted by Gasteiger charge is -2.19. The van der Waals surface area contributed by atoms with Gasteiger partial charge in [0.25, 0.3) is 5.91 Å². The molecule has 3 heterocycles. The molecule has 186 valence electrons. The van der Waals surface area contributed by atoms with Crippen LogP contribution in [0.5, 0.6) is 5.75 Å². The number of rotatable bonds is 7. The first-order valence-corrected chi connectivity index (χ1v) is 10.0. The quantitative estimate of drug-likeness (QED) is 0.368. The van der Waals surface area contributed by atoms with Crippen LogP contribution < -0.4 is 20.7 Å². The van der Waals surface area contributed by atoms with Gasteiger partial charge in [-0.25, -0.2) is 13.9 Å². The average molecular weight is 499 g/mol. The molecule has 14 heteroatoms. The van der Waals surface area contributed by atoms with E-state index in [-0.39, 0.29) is 40.4 Å². The highest BCUT2D eigenvalue weighted by atomic mass is 19.4. The number of hydrogen-bond donors (Lipinski definition) is 4. The summed E-state index contributed by atoms with van der Waals surface area (Å²) < 4.78 is 81.1. The van der Waals surface area contributed by atoms with Gasteiger partial charge in [0.15, 0.2) is 11.9 Å². The fraction of sp³-hybridized carbons (Fsp3) is 0.333. The highest BCUT2D eigenvalue weighted by Crippen LogP contribution is 2.41. The fourth-order valence-corrected chi connectivity index (χ4v) is 3.44. The second kappa shape index (κ2) is 9.02. The summed E-state index contributed by atoms with van der Waals surface area (Å²) in [4.78, 5) is 28.7. The van der Waals surface area contributed by atoms with E-state index in [1.165, 1.54) is 6.20 Å². The summed E-state index contributed by atoms with van der Waals surface area (Å²) in [6.45, 7) is -2.86. The average Bonchev–Trinajstić information content (AvgIpc) is 3.42. The molecule has 3 aromatic heterocycles. The van der Waals surface area contributed by atoms with Gasteiger partial charge in [0.05, 0.1) is 36.2 Å². The molecule has 0 aromatic carbocycles. The number of methoxy groups -OCH3 is 1. The van der Waals surface area contributed by atoms with E-state index < -0.39 is 48.7 Å². The first-order chi connectivity index (χ1) is 17.7. The summed E-state index contributed by atoms with van der Waals surface area (Å²) in [5.74, 6) is -3.08. The van der Waals surface area contributed by atoms with Crippen LogP contribution in [0.4, 0.5) is 34.8 Å². The number of nitrogens with one attached hydrogen (secondary N) is 3. The Balaban J connectivity index is 1.77. The Hall–Kier alpha value is -3.94. The van der Waals surface area contributed by atoms with Crippen molar-refractivity contribution in [1.29, 1.82) is 0 Å². The number of ether oxygens (including phenoxy) is 1. The standard InChI is InChI=1S/C21H20F4N6O4/c1-26-19(33)11-7-27-15(30-20(34)10-5-12(10)22)6-13(11)29-14-8-28-31-4-3-9(17(35-2)16(14)31)18(32)21(23,24)25/h3-4,6-8,10,12,18,32H,5H2,1-2H3,(H,26,33)(H2,27,29,30,34)/t10-,12+,18?/m1/s1/i1D3. The molecule has 4 N–H and O–H groups in total. The lowest BCUT2D eigenvalue weighted by atomic mass is 10.1. The van der Waals surface area contributed by atoms with Crippen molar-refractivity contribution < 1.29 is 41.1 Å². The van der Waals surface area contributed by atoms with Gasteiger partial charge >= 0.3 is 6.18 Å². The Morgan fingerprint density at radius 1 is 1.34 bits per heavy atom. The number of fused-ring (bicyclic) bond motifs is 1. The predicted molar refractivity (Wildman–Crippen MR) is 115 cm³/mol. The monoisotopic (exact) mass is 499 g/mol. The van der Waals surface area contributed by atoms with E-state index in [9.17, 15) is 32.3 Å². The second-order valence-electron chi connectivity index (χ2n) is 7.64. The Morgan fingerprint density at radius 3 is 2.71 bits per heavy atom. The first kappa shape index (κ1) is 20.4. The van der Waals surface area contributed by atoms with Gasteiger partial charge in [0, 0.05) is 35.1 Å². The van der Waals surface area contributed by atoms with Crippen LogP contribution in [0.25, 0.3) is 5.52 Å². The molecule has 4 rings (SSSR count). The van der Waals surface area contributed by atoms with Crippen molar-refractivity contribution in [3.05, 3.63) is 41.9 Å². The molecule has 0 aliphatic heterocycles. The third-order valence-electron chi connectivity index (χ3n) is 5.31. The van der Waals surface area contributed by atoms with Crippen LogP contribution in [-0.4, -0.2) is 58.0 Å². The molecule has 3 atom stereocenters. The number of nitrogens with zero attached hydrogens (tertiary/aromatic N) is 3. The molecular weight excluding hydrogens is 476 g/mol. The number of halogens is 4. The lowest BCUT2D eigenvalue weighted by Crippen LogP contribution is -2.21. The zero-order valence-corrected chi connectivity index (χ0v) is 17.9. The summed E-state index contributed by atoms with van der Waals surface area (Å²) in [7, 11) is 1.09. The van der Waals surface area contributed by atoms with Gasteiger partial charge in [-0.1, -0.05) is 0 Å². The molecule has 0 radical (unpaired) electrons. The summed E-state index contributed by atoms with van der Waals surface area (Å²) in [5, 5.41) is 20.8. The largest absolute Gasteiger partial charge is 0.494 e. The minimum atomic E-state index is -5.00. The molecular formula is C21H20F4N6O4. The van der Waals surface area contributed by atoms with E-state index in [1.54, 1.807) is 5.32 Å². The van der Waals surface area contributed by atoms with Crippen molar-refractivity contribution in [3.8, 4) is 5.75 Å². The maximum atomic E-state index is 13.3. The number of alkyl halides is 4. The van der Waals surface area contributed by atoms with Crippen molar-refractivity contribution in [2.75, 3.05) is 24.7 Å². The van der Waals surface area contributed by atoms with Crippen LogP contribution in [0.15, 0.2) is 30.7 Å². The summed E-state index contributed by atoms with van der Waals surface area (Å²) >= 11 is 0. The van der Waals surface area contributed by atoms with Gasteiger partial charge in [-0.2, -0.15) is 18.3 Å². The molecule has 1 unspecified atom stereocenters. The summed E-state index contributed by atoms with van der Waals surface area (Å²) in [5.41, 5.74) is -1.10. The number of anilines is 3. The molecule has 1 saturated carbocycles. The molecule has 1 fully saturated rings. The highest BCUT2D eigenvalue weighted by molar-refractivity contribution is 6.02. The van der Waals surface area contributed by atoms with Gasteiger partial charge in [-0.05, 0) is 12.5 Å². The molecule has 0 spiro atoms. The predicted octanol–water partition coefficient (Wildman–Crippen LogP) is 2.73. The third kappa shape index (κ3) is 4.69. The maximum absolute atomic E-state index is 13.3. The molecule has 0 saturated heterocycles. The van der Waals surface area contributed by atoms with E-state index in [4.69, 9.17) is 8.85 Å². The van der Waals surface area contributed by atoms with Crippen LogP contribution in [0.1, 0.15) is 32.6 Å². The number of aromatic nitrogens is 3. The van der Waals surface area contributed by atoms with E-state index in [2.05, 4.69) is 20.7 Å². The molecule has 1 aliphatic carbocycles. The number of carbonyl (C=O) groups excluding carboxylic acids is 2. The molecule has 10 nitrogen and oxygen atoms in total. The van der Waals surface area contributed by atoms with Crippen molar-refractivity contribution >= 4 is 34.5 Å². The van der Waals surface area contributed by atoms with Gasteiger partial charge in [-0.3, -0.25) is 9.59 Å². The number of pyridine rings is 2. The van der Waals surface area contributed by atoms with Crippen LogP contribution in [0, 0.1) is 5.92 Å². The molecule has 0 bridgehead atoms. The summed E-state index contributed by atoms with van der Waals surface area (Å²) in [6.07, 6.45) is -5.83. The second-order valence-corrected chi connectivity index (χ2v) is 7.64. The van der Waals surface area contributed by atoms with E-state index in [1.807, 2.05) is 0 Å². The van der Waals surface area contributed by atoms with Crippen LogP contribution in [0.2, 0.25) is 0 Å². The van der Waals surface area contributed by atoms with Crippen molar-refractivity contribution in [1.82, 2.24) is 19.9 Å². The first-order valence-electron chi connectivity index (χ1n) is 11.5. The van der Waals surface area contributed by atoms with Crippen molar-refractivity contribution in [3.63, 3.8) is 0 Å². The van der Waals surface area contributed by atoms with Gasteiger partial charge in [-0.15, -0.1) is 0 Å². The smallest absolute Gasteiger partial charge is 0.418 e. The Kier molecular flexibility index (Phi) is 5.26. The van der Waals surface area contributed by atoms with Crippen molar-refractivity contribution in [2.24, 2.45) is 5.92 Å². The SMILES string of the molecule is [2H]C([2H])([2H])NC(=O)c1cnc(NC(=O)[C@@H]2C[C@@H]2F)cc1Nc1cnn2ccc(C(O)C(F)(F)F)c(OC)c12. The highest BCUT2D eigenvalue weighted by Gasteiger charge is 2.44. The normalized spacial score (nSPS) is 19.8. The van der Waals surface area contributed by atoms with E-state index >= 15 is 0 Å². The minimum absolute atomic E-state index is 0.00417. The zero-order valence-electron chi connectivity index (χ0n) is 20.9. The van der Waals surface area contributed by atoms with Gasteiger partial charge in [0.2, 0.25) is 5.91 Å². The topological polar surface area (TPSA) is 130 Å². The summed E-state index contributed by atoms with van der Waals surface area (Å²) in [6, 6.07) is 2.14.